The van der Waals surface area contributed by atoms with Crippen molar-refractivity contribution in [3.63, 3.8) is 0 Å². The fourth-order valence-corrected chi connectivity index (χ4v) is 4.20. The third-order valence-electron chi connectivity index (χ3n) is 5.41. The van der Waals surface area contributed by atoms with E-state index in [2.05, 4.69) is 10.6 Å². The molecule has 3 unspecified atom stereocenters. The summed E-state index contributed by atoms with van der Waals surface area (Å²) in [4.78, 5) is 26.7. The first-order chi connectivity index (χ1) is 11.2. The number of carbonyl (C=O) groups is 2. The molecule has 0 aliphatic carbocycles. The molecule has 2 N–H and O–H groups in total. The minimum Gasteiger partial charge on any atom is -0.378 e. The number of hydrogen-bond acceptors (Lipinski definition) is 4. The van der Waals surface area contributed by atoms with Crippen molar-refractivity contribution < 1.29 is 14.3 Å². The van der Waals surface area contributed by atoms with E-state index in [4.69, 9.17) is 4.74 Å². The van der Waals surface area contributed by atoms with Gasteiger partial charge in [0.15, 0.2) is 0 Å². The first-order valence-corrected chi connectivity index (χ1v) is 9.07. The zero-order valence-electron chi connectivity index (χ0n) is 14.1. The summed E-state index contributed by atoms with van der Waals surface area (Å²) in [5.41, 5.74) is 0. The number of fused-ring (bicyclic) bond motifs is 2. The maximum absolute atomic E-state index is 12.5. The highest BCUT2D eigenvalue weighted by atomic mass is 16.5. The van der Waals surface area contributed by atoms with Gasteiger partial charge >= 0.3 is 0 Å². The van der Waals surface area contributed by atoms with Crippen molar-refractivity contribution >= 4 is 11.8 Å². The summed E-state index contributed by atoms with van der Waals surface area (Å²) in [7, 11) is 0. The molecule has 3 heterocycles. The van der Waals surface area contributed by atoms with Gasteiger partial charge in [-0.1, -0.05) is 6.92 Å². The molecule has 3 rings (SSSR count). The lowest BCUT2D eigenvalue weighted by Crippen LogP contribution is -2.51. The highest BCUT2D eigenvalue weighted by Gasteiger charge is 2.34. The number of morpholine rings is 1. The van der Waals surface area contributed by atoms with Crippen LogP contribution in [0.4, 0.5) is 0 Å². The number of carbonyl (C=O) groups excluding carboxylic acids is 2. The molecule has 130 valence electrons. The zero-order valence-corrected chi connectivity index (χ0v) is 14.1. The maximum Gasteiger partial charge on any atom is 0.245 e. The Hall–Kier alpha value is -1.14. The Bertz CT molecular complexity index is 425. The Morgan fingerprint density at radius 2 is 1.87 bits per heavy atom. The molecule has 23 heavy (non-hydrogen) atoms. The molecule has 2 bridgehead atoms. The lowest BCUT2D eigenvalue weighted by molar-refractivity contribution is -0.140. The predicted molar refractivity (Wildman–Crippen MR) is 86.9 cm³/mol. The van der Waals surface area contributed by atoms with E-state index in [1.54, 1.807) is 0 Å². The molecule has 3 aliphatic rings. The molecular weight excluding hydrogens is 294 g/mol. The molecule has 6 heteroatoms. The highest BCUT2D eigenvalue weighted by Crippen LogP contribution is 2.32. The van der Waals surface area contributed by atoms with E-state index in [-0.39, 0.29) is 17.9 Å². The Labute approximate surface area is 138 Å². The summed E-state index contributed by atoms with van der Waals surface area (Å²) in [6.07, 6.45) is 5.88. The number of ether oxygens (including phenoxy) is 1. The first-order valence-electron chi connectivity index (χ1n) is 9.07. The van der Waals surface area contributed by atoms with Crippen LogP contribution in [-0.2, 0) is 14.3 Å². The van der Waals surface area contributed by atoms with Crippen molar-refractivity contribution in [3.05, 3.63) is 0 Å². The average Bonchev–Trinajstić information content (AvgIpc) is 2.91. The van der Waals surface area contributed by atoms with Crippen LogP contribution in [0.3, 0.4) is 0 Å². The molecule has 3 aliphatic heterocycles. The van der Waals surface area contributed by atoms with Crippen LogP contribution < -0.4 is 10.6 Å². The molecule has 0 aromatic carbocycles. The molecule has 2 amide bonds. The lowest BCUT2D eigenvalue weighted by atomic mass is 9.89. The quantitative estimate of drug-likeness (QED) is 0.780. The molecule has 0 aromatic rings. The van der Waals surface area contributed by atoms with Crippen molar-refractivity contribution in [2.45, 2.75) is 63.6 Å². The fraction of sp³-hybridized carbons (Fsp3) is 0.882. The minimum atomic E-state index is -0.390. The number of piperidine rings is 1. The Morgan fingerprint density at radius 1 is 1.22 bits per heavy atom. The smallest absolute Gasteiger partial charge is 0.245 e. The van der Waals surface area contributed by atoms with Crippen LogP contribution in [-0.4, -0.2) is 61.1 Å². The third kappa shape index (κ3) is 4.23. The Morgan fingerprint density at radius 3 is 2.48 bits per heavy atom. The van der Waals surface area contributed by atoms with Crippen molar-refractivity contribution in [1.82, 2.24) is 15.5 Å². The Balaban J connectivity index is 1.47. The van der Waals surface area contributed by atoms with Gasteiger partial charge in [0.2, 0.25) is 11.8 Å². The van der Waals surface area contributed by atoms with Gasteiger partial charge in [0.25, 0.3) is 0 Å². The van der Waals surface area contributed by atoms with E-state index in [9.17, 15) is 9.59 Å². The predicted octanol–water partition coefficient (Wildman–Crippen LogP) is 0.661. The summed E-state index contributed by atoms with van der Waals surface area (Å²) in [5.74, 6) is 0.532. The summed E-state index contributed by atoms with van der Waals surface area (Å²) >= 11 is 0. The third-order valence-corrected chi connectivity index (χ3v) is 5.41. The molecule has 6 nitrogen and oxygen atoms in total. The topological polar surface area (TPSA) is 70.7 Å². The van der Waals surface area contributed by atoms with Crippen LogP contribution >= 0.6 is 0 Å². The van der Waals surface area contributed by atoms with E-state index in [1.807, 2.05) is 11.8 Å². The number of amides is 2. The minimum absolute atomic E-state index is 0.0322. The molecule has 3 atom stereocenters. The molecule has 0 spiro atoms. The largest absolute Gasteiger partial charge is 0.378 e. The van der Waals surface area contributed by atoms with Gasteiger partial charge in [-0.3, -0.25) is 9.59 Å². The standard InChI is InChI=1S/C17H29N3O3/c1-2-15(17(22)20-5-7-23-8-6-20)19-16(21)11-12-9-13-3-4-14(10-12)18-13/h12-15,18H,2-11H2,1H3,(H,19,21). The maximum atomic E-state index is 12.5. The monoisotopic (exact) mass is 323 g/mol. The van der Waals surface area contributed by atoms with Crippen molar-refractivity contribution in [1.29, 1.82) is 0 Å². The zero-order chi connectivity index (χ0) is 16.2. The lowest BCUT2D eigenvalue weighted by Gasteiger charge is -2.31. The number of nitrogens with zero attached hydrogens (tertiary/aromatic N) is 1. The molecule has 0 saturated carbocycles. The van der Waals surface area contributed by atoms with Gasteiger partial charge in [-0.05, 0) is 38.0 Å². The second kappa shape index (κ2) is 7.62. The van der Waals surface area contributed by atoms with Crippen LogP contribution in [0.15, 0.2) is 0 Å². The highest BCUT2D eigenvalue weighted by molar-refractivity contribution is 5.87. The average molecular weight is 323 g/mol. The van der Waals surface area contributed by atoms with Crippen molar-refractivity contribution in [2.75, 3.05) is 26.3 Å². The van der Waals surface area contributed by atoms with E-state index >= 15 is 0 Å². The van der Waals surface area contributed by atoms with Crippen LogP contribution in [0.1, 0.15) is 45.4 Å². The summed E-state index contributed by atoms with van der Waals surface area (Å²) < 4.78 is 5.28. The van der Waals surface area contributed by atoms with Gasteiger partial charge in [-0.15, -0.1) is 0 Å². The Kier molecular flexibility index (Phi) is 5.54. The second-order valence-corrected chi connectivity index (χ2v) is 7.15. The van der Waals surface area contributed by atoms with Gasteiger partial charge in [0.05, 0.1) is 13.2 Å². The molecule has 0 aromatic heterocycles. The second-order valence-electron chi connectivity index (χ2n) is 7.15. The molecule has 0 radical (unpaired) electrons. The molecular formula is C17H29N3O3. The van der Waals surface area contributed by atoms with Crippen LogP contribution in [0.2, 0.25) is 0 Å². The van der Waals surface area contributed by atoms with Crippen LogP contribution in [0, 0.1) is 5.92 Å². The fourth-order valence-electron chi connectivity index (χ4n) is 4.20. The normalized spacial score (nSPS) is 31.7. The van der Waals surface area contributed by atoms with Crippen molar-refractivity contribution in [2.24, 2.45) is 5.92 Å². The SMILES string of the molecule is CCC(NC(=O)CC1CC2CCC(C1)N2)C(=O)N1CCOCC1. The first kappa shape index (κ1) is 16.7. The van der Waals surface area contributed by atoms with Gasteiger partial charge < -0.3 is 20.3 Å². The molecule has 3 fully saturated rings. The summed E-state index contributed by atoms with van der Waals surface area (Å²) in [5, 5.41) is 6.57. The van der Waals surface area contributed by atoms with E-state index in [1.165, 1.54) is 12.8 Å². The van der Waals surface area contributed by atoms with Gasteiger partial charge in [-0.25, -0.2) is 0 Å². The van der Waals surface area contributed by atoms with Gasteiger partial charge in [0, 0.05) is 31.6 Å². The summed E-state index contributed by atoms with van der Waals surface area (Å²) in [6, 6.07) is 0.811. The number of rotatable bonds is 5. The van der Waals surface area contributed by atoms with E-state index in [0.717, 1.165) is 12.8 Å². The number of hydrogen-bond donors (Lipinski definition) is 2. The molecule has 3 saturated heterocycles. The van der Waals surface area contributed by atoms with Gasteiger partial charge in [0.1, 0.15) is 6.04 Å². The van der Waals surface area contributed by atoms with Crippen LogP contribution in [0.25, 0.3) is 0 Å². The van der Waals surface area contributed by atoms with E-state index in [0.29, 0.717) is 57.1 Å². The summed E-state index contributed by atoms with van der Waals surface area (Å²) in [6.45, 7) is 4.39. The number of nitrogens with one attached hydrogen (secondary N) is 2. The van der Waals surface area contributed by atoms with E-state index < -0.39 is 0 Å². The van der Waals surface area contributed by atoms with Gasteiger partial charge in [-0.2, -0.15) is 0 Å². The van der Waals surface area contributed by atoms with Crippen molar-refractivity contribution in [3.8, 4) is 0 Å². The van der Waals surface area contributed by atoms with Crippen LogP contribution in [0.5, 0.6) is 0 Å².